The van der Waals surface area contributed by atoms with E-state index < -0.39 is 0 Å². The lowest BCUT2D eigenvalue weighted by Crippen LogP contribution is -2.45. The van der Waals surface area contributed by atoms with Crippen molar-refractivity contribution in [3.63, 3.8) is 0 Å². The minimum atomic E-state index is -0.00458. The van der Waals surface area contributed by atoms with Gasteiger partial charge in [-0.15, -0.1) is 0 Å². The minimum absolute atomic E-state index is 0.00458. The van der Waals surface area contributed by atoms with Crippen molar-refractivity contribution in [3.8, 4) is 5.75 Å². The molecule has 4 heteroatoms. The summed E-state index contributed by atoms with van der Waals surface area (Å²) in [6.45, 7) is 5.32. The SMILES string of the molecule is CCNC1CC2(CCN(C)C2)Oc2cc(Br)ccc21. The van der Waals surface area contributed by atoms with Crippen molar-refractivity contribution in [2.75, 3.05) is 26.7 Å². The average molecular weight is 325 g/mol. The third-order valence-corrected chi connectivity index (χ3v) is 4.70. The van der Waals surface area contributed by atoms with Gasteiger partial charge in [0.25, 0.3) is 0 Å². The first kappa shape index (κ1) is 13.4. The Morgan fingerprint density at radius 2 is 2.37 bits per heavy atom. The van der Waals surface area contributed by atoms with E-state index in [1.165, 1.54) is 5.56 Å². The number of halogens is 1. The number of rotatable bonds is 2. The summed E-state index contributed by atoms with van der Waals surface area (Å²) in [6.07, 6.45) is 2.19. The lowest BCUT2D eigenvalue weighted by Gasteiger charge is -2.40. The van der Waals surface area contributed by atoms with Gasteiger partial charge in [0.15, 0.2) is 0 Å². The molecule has 0 radical (unpaired) electrons. The Hall–Kier alpha value is -0.580. The lowest BCUT2D eigenvalue weighted by atomic mass is 9.86. The van der Waals surface area contributed by atoms with Crippen LogP contribution in [0.25, 0.3) is 0 Å². The van der Waals surface area contributed by atoms with E-state index in [1.807, 2.05) is 0 Å². The van der Waals surface area contributed by atoms with Gasteiger partial charge in [-0.2, -0.15) is 0 Å². The van der Waals surface area contributed by atoms with E-state index in [1.54, 1.807) is 0 Å². The third-order valence-electron chi connectivity index (χ3n) is 4.21. The minimum Gasteiger partial charge on any atom is -0.485 e. The highest BCUT2D eigenvalue weighted by Crippen LogP contribution is 2.44. The zero-order valence-electron chi connectivity index (χ0n) is 11.6. The molecule has 2 unspecified atom stereocenters. The molecular weight excluding hydrogens is 304 g/mol. The van der Waals surface area contributed by atoms with Crippen LogP contribution in [0.2, 0.25) is 0 Å². The molecule has 3 nitrogen and oxygen atoms in total. The number of nitrogens with zero attached hydrogens (tertiary/aromatic N) is 1. The quantitative estimate of drug-likeness (QED) is 0.905. The second-order valence-corrected chi connectivity index (χ2v) is 6.69. The van der Waals surface area contributed by atoms with Gasteiger partial charge >= 0.3 is 0 Å². The summed E-state index contributed by atoms with van der Waals surface area (Å²) in [5.74, 6) is 1.04. The molecule has 0 saturated carbocycles. The molecule has 1 aromatic rings. The third kappa shape index (κ3) is 2.54. The van der Waals surface area contributed by atoms with Gasteiger partial charge in [-0.1, -0.05) is 28.9 Å². The van der Waals surface area contributed by atoms with Gasteiger partial charge in [-0.25, -0.2) is 0 Å². The Kier molecular flexibility index (Phi) is 3.58. The van der Waals surface area contributed by atoms with Gasteiger partial charge in [0.1, 0.15) is 11.4 Å². The number of benzene rings is 1. The van der Waals surface area contributed by atoms with Crippen molar-refractivity contribution >= 4 is 15.9 Å². The van der Waals surface area contributed by atoms with Crippen molar-refractivity contribution in [2.45, 2.75) is 31.4 Å². The molecule has 104 valence electrons. The van der Waals surface area contributed by atoms with Crippen LogP contribution in [0, 0.1) is 0 Å². The van der Waals surface area contributed by atoms with Crippen molar-refractivity contribution in [3.05, 3.63) is 28.2 Å². The molecule has 2 atom stereocenters. The van der Waals surface area contributed by atoms with Crippen LogP contribution in [0.1, 0.15) is 31.4 Å². The van der Waals surface area contributed by atoms with Crippen LogP contribution in [0.5, 0.6) is 5.75 Å². The summed E-state index contributed by atoms with van der Waals surface area (Å²) in [7, 11) is 2.18. The molecular formula is C15H21BrN2O. The molecule has 19 heavy (non-hydrogen) atoms. The Bertz CT molecular complexity index is 479. The highest BCUT2D eigenvalue weighted by atomic mass is 79.9. The van der Waals surface area contributed by atoms with Gasteiger partial charge in [0, 0.05) is 42.0 Å². The van der Waals surface area contributed by atoms with E-state index >= 15 is 0 Å². The Balaban J connectivity index is 1.95. The van der Waals surface area contributed by atoms with Crippen molar-refractivity contribution < 1.29 is 4.74 Å². The van der Waals surface area contributed by atoms with Crippen LogP contribution in [0.3, 0.4) is 0 Å². The molecule has 1 fully saturated rings. The summed E-state index contributed by atoms with van der Waals surface area (Å²) >= 11 is 3.55. The standard InChI is InChI=1S/C15H21BrN2O/c1-3-17-13-9-15(6-7-18(2)10-15)19-14-8-11(16)4-5-12(13)14/h4-5,8,13,17H,3,6-7,9-10H2,1-2H3. The largest absolute Gasteiger partial charge is 0.485 e. The molecule has 1 saturated heterocycles. The number of nitrogens with one attached hydrogen (secondary N) is 1. The summed E-state index contributed by atoms with van der Waals surface area (Å²) in [4.78, 5) is 2.37. The second-order valence-electron chi connectivity index (χ2n) is 5.77. The molecule has 2 heterocycles. The van der Waals surface area contributed by atoms with E-state index in [4.69, 9.17) is 4.74 Å². The summed E-state index contributed by atoms with van der Waals surface area (Å²) in [6, 6.07) is 6.80. The predicted molar refractivity (Wildman–Crippen MR) is 80.6 cm³/mol. The van der Waals surface area contributed by atoms with Gasteiger partial charge in [0.05, 0.1) is 0 Å². The molecule has 0 bridgehead atoms. The van der Waals surface area contributed by atoms with Crippen LogP contribution in [0.4, 0.5) is 0 Å². The molecule has 1 aromatic carbocycles. The Labute approximate surface area is 123 Å². The Morgan fingerprint density at radius 3 is 3.05 bits per heavy atom. The first-order valence-corrected chi connectivity index (χ1v) is 7.81. The van der Waals surface area contributed by atoms with Crippen LogP contribution in [-0.2, 0) is 0 Å². The van der Waals surface area contributed by atoms with Gasteiger partial charge < -0.3 is 15.0 Å². The van der Waals surface area contributed by atoms with E-state index in [0.717, 1.165) is 42.7 Å². The fourth-order valence-corrected chi connectivity index (χ4v) is 3.70. The van der Waals surface area contributed by atoms with Crippen molar-refractivity contribution in [1.82, 2.24) is 10.2 Å². The number of likely N-dealkylation sites (tertiary alicyclic amines) is 1. The average Bonchev–Trinajstić information content (AvgIpc) is 2.70. The maximum atomic E-state index is 6.40. The normalized spacial score (nSPS) is 30.4. The van der Waals surface area contributed by atoms with Crippen LogP contribution in [-0.4, -0.2) is 37.2 Å². The fraction of sp³-hybridized carbons (Fsp3) is 0.600. The second kappa shape index (κ2) is 5.08. The first-order valence-electron chi connectivity index (χ1n) is 7.02. The first-order chi connectivity index (χ1) is 9.12. The summed E-state index contributed by atoms with van der Waals surface area (Å²) in [5, 5.41) is 3.61. The van der Waals surface area contributed by atoms with Crippen LogP contribution < -0.4 is 10.1 Å². The summed E-state index contributed by atoms with van der Waals surface area (Å²) < 4.78 is 7.48. The molecule has 0 amide bonds. The lowest BCUT2D eigenvalue weighted by molar-refractivity contribution is 0.0410. The van der Waals surface area contributed by atoms with Gasteiger partial charge in [-0.05, 0) is 25.7 Å². The number of hydrogen-bond donors (Lipinski definition) is 1. The van der Waals surface area contributed by atoms with Crippen molar-refractivity contribution in [1.29, 1.82) is 0 Å². The molecule has 0 aliphatic carbocycles. The highest BCUT2D eigenvalue weighted by Gasteiger charge is 2.44. The smallest absolute Gasteiger partial charge is 0.126 e. The molecule has 3 rings (SSSR count). The highest BCUT2D eigenvalue weighted by molar-refractivity contribution is 9.10. The summed E-state index contributed by atoms with van der Waals surface area (Å²) in [5.41, 5.74) is 1.29. The van der Waals surface area contributed by atoms with Gasteiger partial charge in [-0.3, -0.25) is 0 Å². The predicted octanol–water partition coefficient (Wildman–Crippen LogP) is 2.96. The number of ether oxygens (including phenoxy) is 1. The number of fused-ring (bicyclic) bond motifs is 1. The molecule has 2 aliphatic rings. The van der Waals surface area contributed by atoms with E-state index in [-0.39, 0.29) is 5.60 Å². The fourth-order valence-electron chi connectivity index (χ4n) is 3.36. The molecule has 0 aromatic heterocycles. The maximum Gasteiger partial charge on any atom is 0.126 e. The molecule has 1 N–H and O–H groups in total. The Morgan fingerprint density at radius 1 is 1.53 bits per heavy atom. The number of likely N-dealkylation sites (N-methyl/N-ethyl adjacent to an activating group) is 1. The maximum absolute atomic E-state index is 6.40. The van der Waals surface area contributed by atoms with Gasteiger partial charge in [0.2, 0.25) is 0 Å². The van der Waals surface area contributed by atoms with E-state index in [2.05, 4.69) is 58.3 Å². The zero-order valence-corrected chi connectivity index (χ0v) is 13.2. The van der Waals surface area contributed by atoms with Crippen LogP contribution >= 0.6 is 15.9 Å². The van der Waals surface area contributed by atoms with Crippen molar-refractivity contribution in [2.24, 2.45) is 0 Å². The van der Waals surface area contributed by atoms with Crippen LogP contribution in [0.15, 0.2) is 22.7 Å². The molecule has 1 spiro atoms. The number of hydrogen-bond acceptors (Lipinski definition) is 3. The van der Waals surface area contributed by atoms with E-state index in [0.29, 0.717) is 6.04 Å². The topological polar surface area (TPSA) is 24.5 Å². The molecule has 2 aliphatic heterocycles. The zero-order chi connectivity index (χ0) is 13.5. The van der Waals surface area contributed by atoms with E-state index in [9.17, 15) is 0 Å². The monoisotopic (exact) mass is 324 g/mol.